The summed E-state index contributed by atoms with van der Waals surface area (Å²) >= 11 is 0. The van der Waals surface area contributed by atoms with Crippen LogP contribution in [0.3, 0.4) is 0 Å². The van der Waals surface area contributed by atoms with Crippen molar-refractivity contribution in [3.63, 3.8) is 0 Å². The molecule has 0 fully saturated rings. The summed E-state index contributed by atoms with van der Waals surface area (Å²) in [5.74, 6) is 0. The smallest absolute Gasteiger partial charge is 0.0458 e. The quantitative estimate of drug-likeness (QED) is 0.492. The molecule has 1 heterocycles. The summed E-state index contributed by atoms with van der Waals surface area (Å²) in [6.45, 7) is 4.43. The number of hydrogen-bond donors (Lipinski definition) is 1. The Hall–Kier alpha value is -1.50. The number of hydrogen-bond acceptors (Lipinski definition) is 0. The van der Waals surface area contributed by atoms with Crippen LogP contribution in [0.25, 0.3) is 16.5 Å². The average molecular weight is 283 g/mol. The fraction of sp³-hybridized carbons (Fsp3) is 0.500. The molecule has 0 saturated carbocycles. The fourth-order valence-corrected chi connectivity index (χ4v) is 2.95. The van der Waals surface area contributed by atoms with E-state index in [1.54, 1.807) is 0 Å². The van der Waals surface area contributed by atoms with Gasteiger partial charge in [-0.05, 0) is 42.9 Å². The fourth-order valence-electron chi connectivity index (χ4n) is 2.95. The van der Waals surface area contributed by atoms with Crippen LogP contribution >= 0.6 is 0 Å². The molecule has 0 saturated heterocycles. The lowest BCUT2D eigenvalue weighted by Gasteiger charge is -2.05. The third kappa shape index (κ3) is 4.77. The van der Waals surface area contributed by atoms with Gasteiger partial charge in [0.05, 0.1) is 0 Å². The minimum Gasteiger partial charge on any atom is -0.355 e. The maximum atomic E-state index is 3.55. The van der Waals surface area contributed by atoms with Crippen LogP contribution in [0.2, 0.25) is 0 Å². The Morgan fingerprint density at radius 2 is 1.71 bits per heavy atom. The van der Waals surface area contributed by atoms with E-state index >= 15 is 0 Å². The van der Waals surface area contributed by atoms with E-state index in [1.165, 1.54) is 73.5 Å². The lowest BCUT2D eigenvalue weighted by Crippen LogP contribution is -1.86. The molecule has 114 valence electrons. The first kappa shape index (κ1) is 15.9. The van der Waals surface area contributed by atoms with E-state index < -0.39 is 0 Å². The molecular weight excluding hydrogens is 254 g/mol. The minimum atomic E-state index is 1.19. The standard InChI is InChI=1S/C20H29N/c1-3-5-6-7-8-9-10-13-17(4-2)20-16-18-14-11-12-15-19(18)21-20/h4,11-12,14-16,21H,3,5-10,13H2,1-2H3/b17-4+. The summed E-state index contributed by atoms with van der Waals surface area (Å²) in [5.41, 5.74) is 4.00. The normalized spacial score (nSPS) is 12.2. The Kier molecular flexibility index (Phi) is 6.59. The molecular formula is C20H29N. The Labute approximate surface area is 129 Å². The molecule has 1 nitrogen and oxygen atoms in total. The molecule has 0 spiro atoms. The number of H-pyrrole nitrogens is 1. The number of nitrogens with one attached hydrogen (secondary N) is 1. The number of benzene rings is 1. The first-order valence-corrected chi connectivity index (χ1v) is 8.58. The molecule has 0 atom stereocenters. The van der Waals surface area contributed by atoms with Gasteiger partial charge in [0, 0.05) is 11.2 Å². The zero-order valence-corrected chi connectivity index (χ0v) is 13.6. The van der Waals surface area contributed by atoms with E-state index in [9.17, 15) is 0 Å². The van der Waals surface area contributed by atoms with Crippen LogP contribution in [0.4, 0.5) is 0 Å². The second kappa shape index (κ2) is 8.71. The van der Waals surface area contributed by atoms with Crippen LogP contribution in [0.15, 0.2) is 36.4 Å². The summed E-state index contributed by atoms with van der Waals surface area (Å²) in [6.07, 6.45) is 13.1. The van der Waals surface area contributed by atoms with Gasteiger partial charge in [0.2, 0.25) is 0 Å². The van der Waals surface area contributed by atoms with Crippen molar-refractivity contribution in [2.24, 2.45) is 0 Å². The van der Waals surface area contributed by atoms with Crippen molar-refractivity contribution in [3.8, 4) is 0 Å². The van der Waals surface area contributed by atoms with Crippen molar-refractivity contribution in [2.45, 2.75) is 65.2 Å². The molecule has 0 amide bonds. The van der Waals surface area contributed by atoms with Crippen LogP contribution in [-0.2, 0) is 0 Å². The molecule has 2 rings (SSSR count). The van der Waals surface area contributed by atoms with Crippen LogP contribution in [-0.4, -0.2) is 4.98 Å². The largest absolute Gasteiger partial charge is 0.355 e. The van der Waals surface area contributed by atoms with Gasteiger partial charge in [-0.3, -0.25) is 0 Å². The predicted molar refractivity (Wildman–Crippen MR) is 94.6 cm³/mol. The van der Waals surface area contributed by atoms with Crippen LogP contribution in [0.1, 0.15) is 70.9 Å². The number of para-hydroxylation sites is 1. The lowest BCUT2D eigenvalue weighted by atomic mass is 10.0. The topological polar surface area (TPSA) is 15.8 Å². The molecule has 0 aliphatic rings. The predicted octanol–water partition coefficient (Wildman–Crippen LogP) is 6.71. The van der Waals surface area contributed by atoms with Crippen LogP contribution < -0.4 is 0 Å². The number of allylic oxidation sites excluding steroid dienone is 2. The molecule has 1 aromatic carbocycles. The molecule has 0 radical (unpaired) electrons. The van der Waals surface area contributed by atoms with Gasteiger partial charge in [0.25, 0.3) is 0 Å². The molecule has 0 aliphatic carbocycles. The van der Waals surface area contributed by atoms with Gasteiger partial charge in [-0.15, -0.1) is 0 Å². The molecule has 21 heavy (non-hydrogen) atoms. The maximum Gasteiger partial charge on any atom is 0.0458 e. The van der Waals surface area contributed by atoms with E-state index in [0.717, 1.165) is 0 Å². The van der Waals surface area contributed by atoms with Crippen molar-refractivity contribution in [2.75, 3.05) is 0 Å². The van der Waals surface area contributed by atoms with Crippen molar-refractivity contribution in [1.82, 2.24) is 4.98 Å². The highest BCUT2D eigenvalue weighted by molar-refractivity contribution is 5.84. The highest BCUT2D eigenvalue weighted by Crippen LogP contribution is 2.25. The summed E-state index contributed by atoms with van der Waals surface area (Å²) in [6, 6.07) is 10.8. The Bertz CT molecular complexity index is 529. The van der Waals surface area contributed by atoms with Gasteiger partial charge in [-0.25, -0.2) is 0 Å². The first-order valence-electron chi connectivity index (χ1n) is 8.58. The van der Waals surface area contributed by atoms with Crippen LogP contribution in [0, 0.1) is 0 Å². The lowest BCUT2D eigenvalue weighted by molar-refractivity contribution is 0.593. The van der Waals surface area contributed by atoms with E-state index in [4.69, 9.17) is 0 Å². The van der Waals surface area contributed by atoms with E-state index in [1.807, 2.05) is 0 Å². The van der Waals surface area contributed by atoms with Crippen molar-refractivity contribution >= 4 is 16.5 Å². The molecule has 1 aromatic heterocycles. The van der Waals surface area contributed by atoms with E-state index in [-0.39, 0.29) is 0 Å². The molecule has 0 bridgehead atoms. The monoisotopic (exact) mass is 283 g/mol. The maximum absolute atomic E-state index is 3.55. The second-order valence-corrected chi connectivity index (χ2v) is 5.96. The van der Waals surface area contributed by atoms with E-state index in [0.29, 0.717) is 0 Å². The van der Waals surface area contributed by atoms with Gasteiger partial charge in [0.15, 0.2) is 0 Å². The van der Waals surface area contributed by atoms with Crippen molar-refractivity contribution in [1.29, 1.82) is 0 Å². The van der Waals surface area contributed by atoms with Gasteiger partial charge >= 0.3 is 0 Å². The number of rotatable bonds is 9. The number of unbranched alkanes of at least 4 members (excludes halogenated alkanes) is 6. The Morgan fingerprint density at radius 3 is 2.43 bits per heavy atom. The zero-order valence-electron chi connectivity index (χ0n) is 13.6. The average Bonchev–Trinajstić information content (AvgIpc) is 2.94. The van der Waals surface area contributed by atoms with Gasteiger partial charge in [-0.2, -0.15) is 0 Å². The number of aromatic amines is 1. The highest BCUT2D eigenvalue weighted by atomic mass is 14.7. The molecule has 1 N–H and O–H groups in total. The third-order valence-corrected chi connectivity index (χ3v) is 4.27. The summed E-state index contributed by atoms with van der Waals surface area (Å²) in [7, 11) is 0. The Balaban J connectivity index is 1.80. The molecule has 2 aromatic rings. The van der Waals surface area contributed by atoms with Crippen LogP contribution in [0.5, 0.6) is 0 Å². The highest BCUT2D eigenvalue weighted by Gasteiger charge is 2.05. The Morgan fingerprint density at radius 1 is 1.00 bits per heavy atom. The molecule has 0 unspecified atom stereocenters. The summed E-state index contributed by atoms with van der Waals surface area (Å²) < 4.78 is 0. The number of fused-ring (bicyclic) bond motifs is 1. The second-order valence-electron chi connectivity index (χ2n) is 5.96. The third-order valence-electron chi connectivity index (χ3n) is 4.27. The van der Waals surface area contributed by atoms with Gasteiger partial charge < -0.3 is 4.98 Å². The first-order chi connectivity index (χ1) is 10.3. The molecule has 1 heteroatoms. The summed E-state index contributed by atoms with van der Waals surface area (Å²) in [5, 5.41) is 1.31. The molecule has 0 aliphatic heterocycles. The van der Waals surface area contributed by atoms with Gasteiger partial charge in [0.1, 0.15) is 0 Å². The van der Waals surface area contributed by atoms with Crippen molar-refractivity contribution < 1.29 is 0 Å². The zero-order chi connectivity index (χ0) is 14.9. The van der Waals surface area contributed by atoms with Crippen molar-refractivity contribution in [3.05, 3.63) is 42.1 Å². The van der Waals surface area contributed by atoms with Gasteiger partial charge in [-0.1, -0.05) is 69.7 Å². The SMILES string of the molecule is C/C=C(\CCCCCCCCC)c1cc2ccccc2[nH]1. The number of aromatic nitrogens is 1. The summed E-state index contributed by atoms with van der Waals surface area (Å²) in [4.78, 5) is 3.55. The minimum absolute atomic E-state index is 1.19. The van der Waals surface area contributed by atoms with E-state index in [2.05, 4.69) is 55.2 Å².